The van der Waals surface area contributed by atoms with E-state index in [-0.39, 0.29) is 35.1 Å². The largest absolute Gasteiger partial charge is 1.00 e. The number of imidazole rings is 1. The monoisotopic (exact) mass is 412 g/mol. The number of para-hydroxylation sites is 1. The Bertz CT molecular complexity index is 1000. The van der Waals surface area contributed by atoms with E-state index in [2.05, 4.69) is 0 Å². The van der Waals surface area contributed by atoms with E-state index >= 15 is 0 Å². The van der Waals surface area contributed by atoms with Gasteiger partial charge in [-0.15, -0.1) is 0 Å². The Hall–Kier alpha value is -2.86. The number of halogens is 1. The number of aromatic hydroxyl groups is 1. The van der Waals surface area contributed by atoms with Crippen LogP contribution in [0.15, 0.2) is 77.7 Å². The quantitative estimate of drug-likeness (QED) is 0.375. The van der Waals surface area contributed by atoms with Crippen LogP contribution in [0.3, 0.4) is 0 Å². The van der Waals surface area contributed by atoms with Crippen LogP contribution in [0, 0.1) is 0 Å². The highest BCUT2D eigenvalue weighted by Crippen LogP contribution is 2.19. The molecule has 0 aliphatic carbocycles. The zero-order valence-electron chi connectivity index (χ0n) is 13.9. The van der Waals surface area contributed by atoms with Crippen LogP contribution < -0.4 is 21.5 Å². The molecule has 1 N–H and O–H groups in total. The molecule has 4 aromatic rings. The van der Waals surface area contributed by atoms with Gasteiger partial charge in [0.05, 0.1) is 0 Å². The Balaban J connectivity index is 0.00000196. The zero-order chi connectivity index (χ0) is 17.2. The van der Waals surface area contributed by atoms with E-state index in [1.54, 1.807) is 12.1 Å². The molecule has 0 amide bonds. The SMILES string of the molecule is O=C(C[n+]1ccn(Cc2cc3ccccc3o2)c1)c1ccc(O)cc1.[Br-]. The molecule has 0 saturated carbocycles. The summed E-state index contributed by atoms with van der Waals surface area (Å²) in [5, 5.41) is 10.4. The summed E-state index contributed by atoms with van der Waals surface area (Å²) < 4.78 is 9.63. The summed E-state index contributed by atoms with van der Waals surface area (Å²) in [7, 11) is 0. The highest BCUT2D eigenvalue weighted by molar-refractivity contribution is 5.95. The number of fused-ring (bicyclic) bond motifs is 1. The lowest BCUT2D eigenvalue weighted by molar-refractivity contribution is -0.682. The molecular weight excluding hydrogens is 396 g/mol. The van der Waals surface area contributed by atoms with Crippen molar-refractivity contribution in [2.24, 2.45) is 0 Å². The average Bonchev–Trinajstić information content (AvgIpc) is 3.21. The first kappa shape index (κ1) is 17.9. The maximum atomic E-state index is 12.3. The normalized spacial score (nSPS) is 10.6. The summed E-state index contributed by atoms with van der Waals surface area (Å²) in [4.78, 5) is 12.3. The molecule has 0 spiro atoms. The van der Waals surface area contributed by atoms with Crippen LogP contribution in [0.4, 0.5) is 0 Å². The molecule has 0 aliphatic rings. The van der Waals surface area contributed by atoms with Gasteiger partial charge in [0.2, 0.25) is 12.1 Å². The molecule has 0 unspecified atom stereocenters. The molecule has 2 aromatic carbocycles. The molecule has 6 heteroatoms. The average molecular weight is 413 g/mol. The van der Waals surface area contributed by atoms with E-state index in [9.17, 15) is 9.90 Å². The number of carbonyl (C=O) groups is 1. The lowest BCUT2D eigenvalue weighted by Gasteiger charge is -1.98. The van der Waals surface area contributed by atoms with Gasteiger partial charge in [-0.3, -0.25) is 4.79 Å². The second kappa shape index (κ2) is 7.58. The molecule has 2 heterocycles. The third-order valence-electron chi connectivity index (χ3n) is 4.08. The van der Waals surface area contributed by atoms with E-state index in [1.807, 2.05) is 58.2 Å². The van der Waals surface area contributed by atoms with Crippen molar-refractivity contribution in [2.75, 3.05) is 0 Å². The van der Waals surface area contributed by atoms with Gasteiger partial charge in [0, 0.05) is 10.9 Å². The fourth-order valence-corrected chi connectivity index (χ4v) is 2.82. The van der Waals surface area contributed by atoms with Crippen molar-refractivity contribution in [1.29, 1.82) is 0 Å². The van der Waals surface area contributed by atoms with E-state index in [4.69, 9.17) is 4.42 Å². The maximum Gasteiger partial charge on any atom is 0.244 e. The molecule has 2 aromatic heterocycles. The maximum absolute atomic E-state index is 12.3. The zero-order valence-corrected chi connectivity index (χ0v) is 15.5. The number of rotatable bonds is 5. The summed E-state index contributed by atoms with van der Waals surface area (Å²) in [6, 6.07) is 16.2. The van der Waals surface area contributed by atoms with Crippen molar-refractivity contribution in [3.05, 3.63) is 84.6 Å². The third kappa shape index (κ3) is 3.86. The molecule has 0 saturated heterocycles. The number of nitrogens with zero attached hydrogens (tertiary/aromatic N) is 2. The Morgan fingerprint density at radius 3 is 2.65 bits per heavy atom. The number of aromatic nitrogens is 2. The minimum Gasteiger partial charge on any atom is -1.00 e. The van der Waals surface area contributed by atoms with E-state index < -0.39 is 0 Å². The minimum atomic E-state index is -0.00788. The number of phenolic OH excluding ortho intramolecular Hbond substituents is 1. The summed E-state index contributed by atoms with van der Waals surface area (Å²) in [6.07, 6.45) is 5.66. The van der Waals surface area contributed by atoms with Crippen LogP contribution in [-0.4, -0.2) is 15.5 Å². The number of hydrogen-bond donors (Lipinski definition) is 1. The molecule has 0 aliphatic heterocycles. The van der Waals surface area contributed by atoms with Gasteiger partial charge in [-0.1, -0.05) is 18.2 Å². The lowest BCUT2D eigenvalue weighted by Crippen LogP contribution is -3.00. The molecule has 0 bridgehead atoms. The molecule has 4 rings (SSSR count). The van der Waals surface area contributed by atoms with Crippen LogP contribution in [0.1, 0.15) is 16.1 Å². The first-order chi connectivity index (χ1) is 12.2. The van der Waals surface area contributed by atoms with Gasteiger partial charge in [-0.25, -0.2) is 9.13 Å². The van der Waals surface area contributed by atoms with Crippen molar-refractivity contribution in [3.8, 4) is 5.75 Å². The first-order valence-electron chi connectivity index (χ1n) is 8.02. The lowest BCUT2D eigenvalue weighted by atomic mass is 10.1. The molecule has 0 fully saturated rings. The van der Waals surface area contributed by atoms with Crippen LogP contribution in [-0.2, 0) is 13.1 Å². The number of carbonyl (C=O) groups excluding carboxylic acids is 1. The molecule has 26 heavy (non-hydrogen) atoms. The van der Waals surface area contributed by atoms with Gasteiger partial charge in [-0.05, 0) is 36.4 Å². The predicted molar refractivity (Wildman–Crippen MR) is 92.4 cm³/mol. The number of benzene rings is 2. The van der Waals surface area contributed by atoms with Gasteiger partial charge in [-0.2, -0.15) is 0 Å². The number of furan rings is 1. The van der Waals surface area contributed by atoms with Crippen molar-refractivity contribution in [2.45, 2.75) is 13.1 Å². The van der Waals surface area contributed by atoms with Gasteiger partial charge in [0.25, 0.3) is 0 Å². The molecular formula is C20H17BrN2O3. The molecule has 0 atom stereocenters. The van der Waals surface area contributed by atoms with Crippen LogP contribution >= 0.6 is 0 Å². The number of phenols is 1. The molecule has 132 valence electrons. The second-order valence-electron chi connectivity index (χ2n) is 5.98. The fourth-order valence-electron chi connectivity index (χ4n) is 2.82. The second-order valence-corrected chi connectivity index (χ2v) is 5.98. The van der Waals surface area contributed by atoms with Crippen molar-refractivity contribution < 1.29 is 35.9 Å². The predicted octanol–water partition coefficient (Wildman–Crippen LogP) is 0.163. The molecule has 5 nitrogen and oxygen atoms in total. The Kier molecular flexibility index (Phi) is 5.23. The number of hydrogen-bond acceptors (Lipinski definition) is 3. The van der Waals surface area contributed by atoms with Crippen LogP contribution in [0.25, 0.3) is 11.0 Å². The van der Waals surface area contributed by atoms with Crippen molar-refractivity contribution in [3.63, 3.8) is 0 Å². The van der Waals surface area contributed by atoms with E-state index in [1.165, 1.54) is 12.1 Å². The van der Waals surface area contributed by atoms with Crippen LogP contribution in [0.2, 0.25) is 0 Å². The number of Topliss-reactive ketones (excluding diaryl/α,β-unsaturated/α-hetero) is 1. The Morgan fingerprint density at radius 1 is 1.12 bits per heavy atom. The Morgan fingerprint density at radius 2 is 1.88 bits per heavy atom. The van der Waals surface area contributed by atoms with Gasteiger partial charge < -0.3 is 26.5 Å². The summed E-state index contributed by atoms with van der Waals surface area (Å²) in [5.41, 5.74) is 1.45. The third-order valence-corrected chi connectivity index (χ3v) is 4.08. The first-order valence-corrected chi connectivity index (χ1v) is 8.02. The highest BCUT2D eigenvalue weighted by Gasteiger charge is 2.13. The standard InChI is InChI=1S/C20H16N2O3.BrH/c23-17-7-5-15(6-8-17)19(24)13-22-10-9-21(14-22)12-18-11-16-3-1-2-4-20(16)25-18;/h1-11,14H,12-13H2;1H. The van der Waals surface area contributed by atoms with Crippen molar-refractivity contribution in [1.82, 2.24) is 4.57 Å². The summed E-state index contributed by atoms with van der Waals surface area (Å²) >= 11 is 0. The van der Waals surface area contributed by atoms with Gasteiger partial charge in [0.15, 0.2) is 6.54 Å². The Labute approximate surface area is 160 Å². The highest BCUT2D eigenvalue weighted by atomic mass is 79.9. The fraction of sp³-hybridized carbons (Fsp3) is 0.100. The molecule has 0 radical (unpaired) electrons. The van der Waals surface area contributed by atoms with E-state index in [0.29, 0.717) is 12.1 Å². The van der Waals surface area contributed by atoms with Crippen molar-refractivity contribution >= 4 is 16.8 Å². The van der Waals surface area contributed by atoms with Crippen LogP contribution in [0.5, 0.6) is 5.75 Å². The smallest absolute Gasteiger partial charge is 0.244 e. The summed E-state index contributed by atoms with van der Waals surface area (Å²) in [5.74, 6) is 1.02. The number of ketones is 1. The minimum absolute atomic E-state index is 0. The van der Waals surface area contributed by atoms with E-state index in [0.717, 1.165) is 16.7 Å². The van der Waals surface area contributed by atoms with Gasteiger partial charge >= 0.3 is 0 Å². The van der Waals surface area contributed by atoms with Gasteiger partial charge in [0.1, 0.15) is 36.0 Å². The summed E-state index contributed by atoms with van der Waals surface area (Å²) in [6.45, 7) is 0.854. The topological polar surface area (TPSA) is 59.2 Å².